The Hall–Kier alpha value is -3.34. The third kappa shape index (κ3) is 6.05. The van der Waals surface area contributed by atoms with Crippen molar-refractivity contribution < 1.29 is 23.1 Å². The molecule has 9 nitrogen and oxygen atoms in total. The van der Waals surface area contributed by atoms with Crippen molar-refractivity contribution in [3.05, 3.63) is 88.5 Å². The summed E-state index contributed by atoms with van der Waals surface area (Å²) in [5.41, 5.74) is 2.03. The van der Waals surface area contributed by atoms with Crippen molar-refractivity contribution in [3.8, 4) is 5.75 Å². The Bertz CT molecular complexity index is 1860. The average Bonchev–Trinajstić information content (AvgIpc) is 3.35. The summed E-state index contributed by atoms with van der Waals surface area (Å²) < 4.78 is 37.8. The van der Waals surface area contributed by atoms with Crippen molar-refractivity contribution in [3.63, 3.8) is 0 Å². The minimum atomic E-state index is -3.99. The number of anilines is 1. The van der Waals surface area contributed by atoms with Gasteiger partial charge in [-0.3, -0.25) is 4.79 Å². The highest BCUT2D eigenvalue weighted by Crippen LogP contribution is 2.49. The second kappa shape index (κ2) is 12.5. The first-order valence-corrected chi connectivity index (χ1v) is 19.0. The van der Waals surface area contributed by atoms with Gasteiger partial charge in [0.15, 0.2) is 0 Å². The number of aliphatic hydroxyl groups is 1. The lowest BCUT2D eigenvalue weighted by Gasteiger charge is -2.49. The van der Waals surface area contributed by atoms with Crippen LogP contribution in [0.2, 0.25) is 5.02 Å². The second-order valence-electron chi connectivity index (χ2n) is 14.7. The number of benzene rings is 2. The molecule has 0 saturated heterocycles. The first-order valence-electron chi connectivity index (χ1n) is 17.1. The third-order valence-corrected chi connectivity index (χ3v) is 13.8. The molecule has 4 aliphatic rings. The van der Waals surface area contributed by atoms with Gasteiger partial charge in [0.1, 0.15) is 11.6 Å². The van der Waals surface area contributed by atoms with Crippen LogP contribution in [-0.4, -0.2) is 59.5 Å². The molecule has 1 amide bonds. The first kappa shape index (κ1) is 33.2. The van der Waals surface area contributed by atoms with Gasteiger partial charge < -0.3 is 19.3 Å². The van der Waals surface area contributed by atoms with Gasteiger partial charge in [0.2, 0.25) is 10.0 Å². The number of aryl methyl sites for hydroxylation is 2. The number of imidazole rings is 1. The molecule has 2 N–H and O–H groups in total. The normalized spacial score (nSPS) is 32.2. The van der Waals surface area contributed by atoms with E-state index in [2.05, 4.69) is 26.7 Å². The maximum Gasteiger partial charge on any atom is 0.264 e. The van der Waals surface area contributed by atoms with E-state index in [1.807, 2.05) is 43.0 Å². The van der Waals surface area contributed by atoms with Crippen molar-refractivity contribution in [1.82, 2.24) is 14.3 Å². The fraction of sp³-hybridized carbons (Fsp3) is 0.514. The van der Waals surface area contributed by atoms with Gasteiger partial charge >= 0.3 is 0 Å². The second-order valence-corrected chi connectivity index (χ2v) is 17.1. The summed E-state index contributed by atoms with van der Waals surface area (Å²) in [6.45, 7) is 5.26. The Morgan fingerprint density at radius 3 is 2.75 bits per heavy atom. The lowest BCUT2D eigenvalue weighted by atomic mass is 9.63. The van der Waals surface area contributed by atoms with E-state index in [-0.39, 0.29) is 28.7 Å². The number of rotatable bonds is 2. The number of nitrogens with one attached hydrogen (secondary N) is 1. The van der Waals surface area contributed by atoms with Crippen LogP contribution in [0.25, 0.3) is 0 Å². The van der Waals surface area contributed by atoms with Gasteiger partial charge in [-0.15, -0.1) is 0 Å². The molecule has 7 rings (SSSR count). The molecule has 3 heterocycles. The minimum Gasteiger partial charge on any atom is -0.490 e. The maximum atomic E-state index is 13.5. The molecule has 256 valence electrons. The quantitative estimate of drug-likeness (QED) is 0.337. The Morgan fingerprint density at radius 1 is 1.17 bits per heavy atom. The number of aromatic nitrogens is 2. The fourth-order valence-electron chi connectivity index (χ4n) is 8.38. The molecule has 11 heteroatoms. The highest BCUT2D eigenvalue weighted by Gasteiger charge is 2.48. The van der Waals surface area contributed by atoms with Crippen LogP contribution in [0.5, 0.6) is 5.75 Å². The summed E-state index contributed by atoms with van der Waals surface area (Å²) in [6, 6.07) is 11.4. The summed E-state index contributed by atoms with van der Waals surface area (Å²) in [6.07, 6.45) is 13.0. The standard InChI is InChI=1S/C37H45ClN4O5S/c1-24-6-4-15-37(44,20-34-39-16-17-41(34)3)31-11-8-28(31)21-42-22-36(14-5-7-26-18-29(38)10-12-30(26)36)23-47-33-13-9-27(19-32(33)42)35(43)40-48(45,46)25(24)2/h4,9-10,12-13,15-19,24-25,28,31,44H,5-8,11,14,20-23H2,1-3H3,(H,40,43)/b15-4-/t24-,25+,28-,31+,36-,37+/m0/s1. The number of allylic oxidation sites excluding steroid dienone is 1. The molecule has 0 unspecified atom stereocenters. The maximum absolute atomic E-state index is 13.5. The lowest BCUT2D eigenvalue weighted by Crippen LogP contribution is -2.53. The Kier molecular flexibility index (Phi) is 8.65. The number of fused-ring (bicyclic) bond motifs is 4. The van der Waals surface area contributed by atoms with Gasteiger partial charge in [-0.2, -0.15) is 0 Å². The molecule has 1 saturated carbocycles. The van der Waals surface area contributed by atoms with Crippen molar-refractivity contribution in [2.45, 2.75) is 75.1 Å². The number of ether oxygens (including phenoxy) is 1. The number of hydrogen-bond acceptors (Lipinski definition) is 7. The van der Waals surface area contributed by atoms with Gasteiger partial charge in [0, 0.05) is 55.0 Å². The lowest BCUT2D eigenvalue weighted by molar-refractivity contribution is -0.0462. The zero-order valence-corrected chi connectivity index (χ0v) is 29.4. The molecular weight excluding hydrogens is 648 g/mol. The SMILES string of the molecule is C[C@@H]1[C@@H](C)C/C=C\[C@@](O)(Cc2nccn2C)[C@@H]2CC[C@H]2CN2C[C@@]3(CCCc4cc(Cl)ccc43)COc3ccc(cc32)C(=O)NS1(=O)=O. The Morgan fingerprint density at radius 2 is 2.00 bits per heavy atom. The van der Waals surface area contributed by atoms with E-state index in [4.69, 9.17) is 16.3 Å². The Balaban J connectivity index is 1.33. The first-order chi connectivity index (χ1) is 22.9. The van der Waals surface area contributed by atoms with Crippen LogP contribution in [0.3, 0.4) is 0 Å². The molecule has 3 aromatic rings. The molecule has 6 atom stereocenters. The Labute approximate surface area is 288 Å². The molecule has 2 aromatic carbocycles. The number of carbonyl (C=O) groups is 1. The number of carbonyl (C=O) groups excluding carboxylic acids is 1. The zero-order valence-electron chi connectivity index (χ0n) is 27.9. The van der Waals surface area contributed by atoms with E-state index in [1.54, 1.807) is 31.3 Å². The molecule has 1 fully saturated rings. The molecule has 2 bridgehead atoms. The van der Waals surface area contributed by atoms with Gasteiger partial charge in [0.25, 0.3) is 5.91 Å². The third-order valence-electron chi connectivity index (χ3n) is 11.6. The van der Waals surface area contributed by atoms with Gasteiger partial charge in [-0.05, 0) is 105 Å². The van der Waals surface area contributed by atoms with Gasteiger partial charge in [0.05, 0.1) is 23.1 Å². The topological polar surface area (TPSA) is 114 Å². The molecule has 1 aromatic heterocycles. The van der Waals surface area contributed by atoms with Crippen LogP contribution in [0, 0.1) is 17.8 Å². The van der Waals surface area contributed by atoms with E-state index in [1.165, 1.54) is 11.1 Å². The minimum absolute atomic E-state index is 0.0395. The molecular formula is C37H45ClN4O5S. The molecule has 1 spiro atoms. The van der Waals surface area contributed by atoms with Crippen LogP contribution < -0.4 is 14.4 Å². The fourth-order valence-corrected chi connectivity index (χ4v) is 9.86. The van der Waals surface area contributed by atoms with Gasteiger partial charge in [-0.1, -0.05) is 36.7 Å². The van der Waals surface area contributed by atoms with Crippen molar-refractivity contribution in [1.29, 1.82) is 0 Å². The van der Waals surface area contributed by atoms with Crippen molar-refractivity contribution in [2.24, 2.45) is 24.8 Å². The van der Waals surface area contributed by atoms with Gasteiger partial charge in [-0.25, -0.2) is 18.1 Å². The smallest absolute Gasteiger partial charge is 0.264 e. The number of amides is 1. The van der Waals surface area contributed by atoms with Crippen LogP contribution >= 0.6 is 11.6 Å². The predicted octanol–water partition coefficient (Wildman–Crippen LogP) is 5.59. The monoisotopic (exact) mass is 692 g/mol. The van der Waals surface area contributed by atoms with E-state index < -0.39 is 26.8 Å². The number of nitrogens with zero attached hydrogens (tertiary/aromatic N) is 3. The largest absolute Gasteiger partial charge is 0.490 e. The molecule has 48 heavy (non-hydrogen) atoms. The summed E-state index contributed by atoms with van der Waals surface area (Å²) in [5, 5.41) is 12.4. The average molecular weight is 693 g/mol. The summed E-state index contributed by atoms with van der Waals surface area (Å²) >= 11 is 6.44. The number of halogens is 1. The van der Waals surface area contributed by atoms with E-state index in [0.717, 1.165) is 48.6 Å². The summed E-state index contributed by atoms with van der Waals surface area (Å²) in [5.74, 6) is 0.634. The van der Waals surface area contributed by atoms with Crippen LogP contribution in [-0.2, 0) is 35.3 Å². The van der Waals surface area contributed by atoms with Crippen molar-refractivity contribution >= 4 is 33.2 Å². The highest BCUT2D eigenvalue weighted by molar-refractivity contribution is 7.90. The summed E-state index contributed by atoms with van der Waals surface area (Å²) in [4.78, 5) is 20.4. The molecule has 0 radical (unpaired) electrons. The number of sulfonamides is 1. The molecule has 2 aliphatic heterocycles. The van der Waals surface area contributed by atoms with Crippen molar-refractivity contribution in [2.75, 3.05) is 24.6 Å². The van der Waals surface area contributed by atoms with Crippen LogP contribution in [0.1, 0.15) is 73.3 Å². The predicted molar refractivity (Wildman–Crippen MR) is 187 cm³/mol. The zero-order chi connectivity index (χ0) is 33.8. The van der Waals surface area contributed by atoms with Crippen LogP contribution in [0.4, 0.5) is 5.69 Å². The summed E-state index contributed by atoms with van der Waals surface area (Å²) in [7, 11) is -2.05. The van der Waals surface area contributed by atoms with E-state index in [0.29, 0.717) is 38.3 Å². The highest BCUT2D eigenvalue weighted by atomic mass is 35.5. The van der Waals surface area contributed by atoms with E-state index >= 15 is 0 Å². The van der Waals surface area contributed by atoms with E-state index in [9.17, 15) is 18.3 Å². The van der Waals surface area contributed by atoms with Crippen LogP contribution in [0.15, 0.2) is 60.9 Å². The number of hydrogen-bond donors (Lipinski definition) is 2. The molecule has 2 aliphatic carbocycles.